The number of alkyl halides is 3. The van der Waals surface area contributed by atoms with Gasteiger partial charge in [0.05, 0.1) is 11.4 Å². The summed E-state index contributed by atoms with van der Waals surface area (Å²) in [5.74, 6) is 0.929. The van der Waals surface area contributed by atoms with Gasteiger partial charge in [0.1, 0.15) is 5.82 Å². The van der Waals surface area contributed by atoms with Gasteiger partial charge in [-0.3, -0.25) is 4.90 Å². The van der Waals surface area contributed by atoms with Gasteiger partial charge in [0, 0.05) is 49.8 Å². The van der Waals surface area contributed by atoms with Gasteiger partial charge in [-0.15, -0.1) is 0 Å². The summed E-state index contributed by atoms with van der Waals surface area (Å²) >= 11 is 0. The number of piperidine rings is 1. The molecule has 0 saturated carbocycles. The zero-order valence-corrected chi connectivity index (χ0v) is 23.3. The highest BCUT2D eigenvalue weighted by Gasteiger charge is 2.36. The highest BCUT2D eigenvalue weighted by Crippen LogP contribution is 2.27. The van der Waals surface area contributed by atoms with E-state index < -0.39 is 28.8 Å². The minimum Gasteiger partial charge on any atom is -0.340 e. The zero-order valence-electron chi connectivity index (χ0n) is 22.4. The van der Waals surface area contributed by atoms with E-state index >= 15 is 0 Å². The molecule has 1 saturated heterocycles. The number of nitrogens with one attached hydrogen (secondary N) is 2. The van der Waals surface area contributed by atoms with Crippen molar-refractivity contribution in [1.82, 2.24) is 19.2 Å². The molecule has 40 heavy (non-hydrogen) atoms. The normalized spacial score (nSPS) is 15.4. The van der Waals surface area contributed by atoms with E-state index in [-0.39, 0.29) is 31.1 Å². The molecule has 2 heterocycles. The highest BCUT2D eigenvalue weighted by molar-refractivity contribution is 7.89. The lowest BCUT2D eigenvalue weighted by molar-refractivity contribution is -0.148. The van der Waals surface area contributed by atoms with Crippen LogP contribution in [0.25, 0.3) is 0 Å². The Kier molecular flexibility index (Phi) is 9.29. The SMILES string of the molecule is Cc1ccc(Nc2ccnc(Nc3ccc(S(=O)(=O)N(CCN)C4CCN(CC(F)(F)F)CC4)cc3)n2)cc1C. The molecule has 1 aliphatic rings. The van der Waals surface area contributed by atoms with Crippen molar-refractivity contribution in [1.29, 1.82) is 0 Å². The van der Waals surface area contributed by atoms with Crippen LogP contribution in [0, 0.1) is 13.8 Å². The Morgan fingerprint density at radius 2 is 1.68 bits per heavy atom. The average molecular weight is 578 g/mol. The third-order valence-electron chi connectivity index (χ3n) is 6.87. The van der Waals surface area contributed by atoms with Gasteiger partial charge < -0.3 is 16.4 Å². The zero-order chi connectivity index (χ0) is 28.9. The minimum atomic E-state index is -4.28. The molecule has 4 N–H and O–H groups in total. The largest absolute Gasteiger partial charge is 0.401 e. The Labute approximate surface area is 232 Å². The van der Waals surface area contributed by atoms with Crippen molar-refractivity contribution in [2.45, 2.75) is 43.8 Å². The molecule has 0 radical (unpaired) electrons. The maximum absolute atomic E-state index is 13.5. The lowest BCUT2D eigenvalue weighted by Gasteiger charge is -2.37. The van der Waals surface area contributed by atoms with Crippen LogP contribution < -0.4 is 16.4 Å². The van der Waals surface area contributed by atoms with Crippen LogP contribution in [0.15, 0.2) is 59.6 Å². The lowest BCUT2D eigenvalue weighted by atomic mass is 10.1. The molecule has 1 aliphatic heterocycles. The van der Waals surface area contributed by atoms with Gasteiger partial charge in [-0.05, 0) is 80.3 Å². The van der Waals surface area contributed by atoms with Crippen LogP contribution in [0.2, 0.25) is 0 Å². The van der Waals surface area contributed by atoms with Gasteiger partial charge >= 0.3 is 6.18 Å². The number of nitrogens with zero attached hydrogens (tertiary/aromatic N) is 4. The number of anilines is 4. The van der Waals surface area contributed by atoms with Crippen LogP contribution in [0.5, 0.6) is 0 Å². The molecule has 13 heteroatoms. The second-order valence-electron chi connectivity index (χ2n) is 9.87. The first-order valence-electron chi connectivity index (χ1n) is 13.0. The number of aryl methyl sites for hydroxylation is 2. The fourth-order valence-corrected chi connectivity index (χ4v) is 6.38. The maximum Gasteiger partial charge on any atom is 0.401 e. The molecular formula is C27H34F3N7O2S. The highest BCUT2D eigenvalue weighted by atomic mass is 32.2. The van der Waals surface area contributed by atoms with Crippen LogP contribution in [-0.4, -0.2) is 72.5 Å². The number of hydrogen-bond acceptors (Lipinski definition) is 8. The summed E-state index contributed by atoms with van der Waals surface area (Å²) in [6.07, 6.45) is -2.06. The summed E-state index contributed by atoms with van der Waals surface area (Å²) < 4.78 is 66.6. The summed E-state index contributed by atoms with van der Waals surface area (Å²) in [7, 11) is -3.91. The first kappa shape index (κ1) is 29.7. The van der Waals surface area contributed by atoms with Crippen molar-refractivity contribution in [2.75, 3.05) is 43.4 Å². The van der Waals surface area contributed by atoms with Gasteiger partial charge in [-0.2, -0.15) is 22.5 Å². The standard InChI is InChI=1S/C27H34F3N7O2S/c1-19-3-4-22(17-20(19)2)33-25-9-13-32-26(35-25)34-21-5-7-24(8-6-21)40(38,39)37(16-12-31)23-10-14-36(15-11-23)18-27(28,29)30/h3-9,13,17,23H,10-12,14-16,18,31H2,1-2H3,(H2,32,33,34,35). The van der Waals surface area contributed by atoms with Crippen molar-refractivity contribution in [3.8, 4) is 0 Å². The fourth-order valence-electron chi connectivity index (χ4n) is 4.68. The number of rotatable bonds is 10. The summed E-state index contributed by atoms with van der Waals surface area (Å²) in [6, 6.07) is 13.6. The minimum absolute atomic E-state index is 0.0790. The first-order chi connectivity index (χ1) is 18.9. The molecule has 1 fully saturated rings. The maximum atomic E-state index is 13.5. The fraction of sp³-hybridized carbons (Fsp3) is 0.407. The van der Waals surface area contributed by atoms with E-state index in [2.05, 4.69) is 20.6 Å². The molecule has 9 nitrogen and oxygen atoms in total. The van der Waals surface area contributed by atoms with E-state index in [0.29, 0.717) is 30.3 Å². The number of nitrogens with two attached hydrogens (primary N) is 1. The Bertz CT molecular complexity index is 1390. The predicted octanol–water partition coefficient (Wildman–Crippen LogP) is 4.56. The lowest BCUT2D eigenvalue weighted by Crippen LogP contribution is -2.50. The number of halogens is 3. The Balaban J connectivity index is 1.42. The molecule has 216 valence electrons. The summed E-state index contributed by atoms with van der Waals surface area (Å²) in [4.78, 5) is 10.1. The Morgan fingerprint density at radius 3 is 2.30 bits per heavy atom. The number of benzene rings is 2. The van der Waals surface area contributed by atoms with Gasteiger partial charge in [-0.1, -0.05) is 6.07 Å². The predicted molar refractivity (Wildman–Crippen MR) is 149 cm³/mol. The van der Waals surface area contributed by atoms with Crippen LogP contribution in [0.1, 0.15) is 24.0 Å². The van der Waals surface area contributed by atoms with Gasteiger partial charge in [0.25, 0.3) is 0 Å². The number of likely N-dealkylation sites (tertiary alicyclic amines) is 1. The monoisotopic (exact) mass is 577 g/mol. The Hall–Kier alpha value is -3.26. The van der Waals surface area contributed by atoms with E-state index in [4.69, 9.17) is 5.73 Å². The summed E-state index contributed by atoms with van der Waals surface area (Å²) in [5, 5.41) is 6.33. The third-order valence-corrected chi connectivity index (χ3v) is 8.83. The van der Waals surface area contributed by atoms with Crippen molar-refractivity contribution < 1.29 is 21.6 Å². The molecular weight excluding hydrogens is 543 g/mol. The number of hydrogen-bond donors (Lipinski definition) is 3. The molecule has 1 aromatic heterocycles. The number of aromatic nitrogens is 2. The van der Waals surface area contributed by atoms with E-state index in [9.17, 15) is 21.6 Å². The van der Waals surface area contributed by atoms with Gasteiger partial charge in [0.15, 0.2) is 0 Å². The van der Waals surface area contributed by atoms with Crippen molar-refractivity contribution in [2.24, 2.45) is 5.73 Å². The molecule has 0 aliphatic carbocycles. The van der Waals surface area contributed by atoms with E-state index in [1.165, 1.54) is 26.9 Å². The topological polar surface area (TPSA) is 116 Å². The van der Waals surface area contributed by atoms with E-state index in [1.807, 2.05) is 32.0 Å². The van der Waals surface area contributed by atoms with Crippen LogP contribution >= 0.6 is 0 Å². The smallest absolute Gasteiger partial charge is 0.340 e. The number of sulfonamides is 1. The van der Waals surface area contributed by atoms with Crippen LogP contribution in [-0.2, 0) is 10.0 Å². The average Bonchev–Trinajstić information content (AvgIpc) is 2.90. The molecule has 0 atom stereocenters. The quantitative estimate of drug-likeness (QED) is 0.321. The van der Waals surface area contributed by atoms with Crippen molar-refractivity contribution in [3.05, 3.63) is 65.9 Å². The first-order valence-corrected chi connectivity index (χ1v) is 14.4. The second kappa shape index (κ2) is 12.5. The summed E-state index contributed by atoms with van der Waals surface area (Å²) in [6.45, 7) is 3.61. The summed E-state index contributed by atoms with van der Waals surface area (Å²) in [5.41, 5.74) is 9.55. The van der Waals surface area contributed by atoms with Crippen LogP contribution in [0.4, 0.5) is 36.3 Å². The molecule has 2 aromatic carbocycles. The molecule has 4 rings (SSSR count). The van der Waals surface area contributed by atoms with Gasteiger partial charge in [-0.25, -0.2) is 13.4 Å². The molecule has 0 bridgehead atoms. The second-order valence-corrected chi connectivity index (χ2v) is 11.8. The van der Waals surface area contributed by atoms with E-state index in [0.717, 1.165) is 11.3 Å². The van der Waals surface area contributed by atoms with Crippen molar-refractivity contribution >= 4 is 33.2 Å². The van der Waals surface area contributed by atoms with Crippen molar-refractivity contribution in [3.63, 3.8) is 0 Å². The van der Waals surface area contributed by atoms with Gasteiger partial charge in [0.2, 0.25) is 16.0 Å². The van der Waals surface area contributed by atoms with Crippen LogP contribution in [0.3, 0.4) is 0 Å². The molecule has 3 aromatic rings. The molecule has 0 amide bonds. The third kappa shape index (κ3) is 7.68. The van der Waals surface area contributed by atoms with E-state index in [1.54, 1.807) is 24.4 Å². The Morgan fingerprint density at radius 1 is 1.00 bits per heavy atom. The molecule has 0 unspecified atom stereocenters. The molecule has 0 spiro atoms.